The van der Waals surface area contributed by atoms with Gasteiger partial charge in [0.05, 0.1) is 5.75 Å². The number of nitrogens with zero attached hydrogens (tertiary/aromatic N) is 2. The smallest absolute Gasteiger partial charge is 0.257 e. The quantitative estimate of drug-likeness (QED) is 0.659. The lowest BCUT2D eigenvalue weighted by Crippen LogP contribution is -2.50. The van der Waals surface area contributed by atoms with Gasteiger partial charge in [-0.05, 0) is 48.5 Å². The SMILES string of the molecule is O=C(COc1ccc(F)cc1)NCCS(=O)(=O)N1CCN(c2ccc(Cl)cc2)CC1. The molecular weight excluding hydrogens is 433 g/mol. The Kier molecular flexibility index (Phi) is 7.52. The van der Waals surface area contributed by atoms with Gasteiger partial charge in [0, 0.05) is 43.4 Å². The Morgan fingerprint density at radius 2 is 1.67 bits per heavy atom. The molecule has 162 valence electrons. The molecule has 1 saturated heterocycles. The van der Waals surface area contributed by atoms with Crippen LogP contribution in [0.25, 0.3) is 0 Å². The molecule has 0 bridgehead atoms. The number of benzene rings is 2. The second-order valence-electron chi connectivity index (χ2n) is 6.77. The van der Waals surface area contributed by atoms with Crippen molar-refractivity contribution < 1.29 is 22.3 Å². The number of rotatable bonds is 8. The van der Waals surface area contributed by atoms with Crippen LogP contribution in [-0.4, -0.2) is 63.7 Å². The van der Waals surface area contributed by atoms with Crippen LogP contribution in [0.2, 0.25) is 5.02 Å². The molecule has 0 aliphatic carbocycles. The molecule has 0 radical (unpaired) electrons. The van der Waals surface area contributed by atoms with Gasteiger partial charge >= 0.3 is 0 Å². The highest BCUT2D eigenvalue weighted by atomic mass is 35.5. The fourth-order valence-corrected chi connectivity index (χ4v) is 4.52. The van der Waals surface area contributed by atoms with Gasteiger partial charge in [-0.3, -0.25) is 4.79 Å². The van der Waals surface area contributed by atoms with E-state index in [-0.39, 0.29) is 18.9 Å². The van der Waals surface area contributed by atoms with Crippen LogP contribution in [0.1, 0.15) is 0 Å². The van der Waals surface area contributed by atoms with Gasteiger partial charge in [-0.2, -0.15) is 4.31 Å². The molecular formula is C20H23ClFN3O4S. The lowest BCUT2D eigenvalue weighted by atomic mass is 10.2. The van der Waals surface area contributed by atoms with Gasteiger partial charge < -0.3 is 15.0 Å². The Hall–Kier alpha value is -2.36. The summed E-state index contributed by atoms with van der Waals surface area (Å²) >= 11 is 5.90. The highest BCUT2D eigenvalue weighted by molar-refractivity contribution is 7.89. The first-order valence-electron chi connectivity index (χ1n) is 9.47. The van der Waals surface area contributed by atoms with Crippen molar-refractivity contribution in [2.75, 3.05) is 50.0 Å². The normalized spacial score (nSPS) is 15.1. The summed E-state index contributed by atoms with van der Waals surface area (Å²) in [5.74, 6) is -0.665. The van der Waals surface area contributed by atoms with E-state index >= 15 is 0 Å². The predicted molar refractivity (Wildman–Crippen MR) is 114 cm³/mol. The van der Waals surface area contributed by atoms with Crippen LogP contribution in [0, 0.1) is 5.82 Å². The molecule has 0 saturated carbocycles. The molecule has 1 amide bonds. The second kappa shape index (κ2) is 10.1. The molecule has 1 aliphatic heterocycles. The number of ether oxygens (including phenoxy) is 1. The maximum absolute atomic E-state index is 12.8. The minimum atomic E-state index is -3.47. The Morgan fingerprint density at radius 3 is 2.30 bits per heavy atom. The number of halogens is 2. The van der Waals surface area contributed by atoms with E-state index in [1.54, 1.807) is 0 Å². The van der Waals surface area contributed by atoms with Crippen LogP contribution >= 0.6 is 11.6 Å². The van der Waals surface area contributed by atoms with Crippen molar-refractivity contribution in [3.05, 3.63) is 59.4 Å². The molecule has 2 aromatic rings. The summed E-state index contributed by atoms with van der Waals surface area (Å²) < 4.78 is 44.6. The second-order valence-corrected chi connectivity index (χ2v) is 9.30. The standard InChI is InChI=1S/C20H23ClFN3O4S/c21-16-1-5-18(6-2-16)24-10-12-25(13-11-24)30(27,28)14-9-23-20(26)15-29-19-7-3-17(22)4-8-19/h1-8H,9-15H2,(H,23,26). The van der Waals surface area contributed by atoms with Crippen LogP contribution in [-0.2, 0) is 14.8 Å². The Morgan fingerprint density at radius 1 is 1.03 bits per heavy atom. The van der Waals surface area contributed by atoms with E-state index in [9.17, 15) is 17.6 Å². The van der Waals surface area contributed by atoms with E-state index < -0.39 is 21.7 Å². The molecule has 0 spiro atoms. The average Bonchev–Trinajstić information content (AvgIpc) is 2.74. The molecule has 3 rings (SSSR count). The number of carbonyl (C=O) groups is 1. The van der Waals surface area contributed by atoms with Crippen LogP contribution in [0.4, 0.5) is 10.1 Å². The van der Waals surface area contributed by atoms with E-state index in [4.69, 9.17) is 16.3 Å². The molecule has 2 aromatic carbocycles. The zero-order valence-corrected chi connectivity index (χ0v) is 17.8. The number of amides is 1. The minimum Gasteiger partial charge on any atom is -0.484 e. The van der Waals surface area contributed by atoms with Gasteiger partial charge in [-0.1, -0.05) is 11.6 Å². The number of carbonyl (C=O) groups excluding carboxylic acids is 1. The fraction of sp³-hybridized carbons (Fsp3) is 0.350. The minimum absolute atomic E-state index is 0.00859. The number of anilines is 1. The Bertz CT molecular complexity index is 947. The van der Waals surface area contributed by atoms with E-state index in [0.717, 1.165) is 5.69 Å². The number of nitrogens with one attached hydrogen (secondary N) is 1. The first kappa shape index (κ1) is 22.3. The predicted octanol–water partition coefficient (Wildman–Crippen LogP) is 2.13. The molecule has 0 atom stereocenters. The van der Waals surface area contributed by atoms with Crippen molar-refractivity contribution in [2.24, 2.45) is 0 Å². The van der Waals surface area contributed by atoms with Crippen molar-refractivity contribution in [1.29, 1.82) is 0 Å². The summed E-state index contributed by atoms with van der Waals surface area (Å²) in [5, 5.41) is 3.19. The molecule has 0 aromatic heterocycles. The van der Waals surface area contributed by atoms with Gasteiger partial charge in [-0.25, -0.2) is 12.8 Å². The molecule has 30 heavy (non-hydrogen) atoms. The van der Waals surface area contributed by atoms with Crippen molar-refractivity contribution in [3.63, 3.8) is 0 Å². The van der Waals surface area contributed by atoms with Gasteiger partial charge in [0.15, 0.2) is 6.61 Å². The summed E-state index contributed by atoms with van der Waals surface area (Å²) in [6, 6.07) is 12.7. The third-order valence-electron chi connectivity index (χ3n) is 4.69. The van der Waals surface area contributed by atoms with Crippen LogP contribution in [0.5, 0.6) is 5.75 Å². The number of piperazine rings is 1. The monoisotopic (exact) mass is 455 g/mol. The van der Waals surface area contributed by atoms with Gasteiger partial charge in [0.2, 0.25) is 10.0 Å². The van der Waals surface area contributed by atoms with E-state index in [1.807, 2.05) is 24.3 Å². The van der Waals surface area contributed by atoms with E-state index in [0.29, 0.717) is 37.0 Å². The molecule has 1 fully saturated rings. The molecule has 1 heterocycles. The maximum atomic E-state index is 12.8. The topological polar surface area (TPSA) is 78.9 Å². The van der Waals surface area contributed by atoms with Crippen molar-refractivity contribution in [3.8, 4) is 5.75 Å². The lowest BCUT2D eigenvalue weighted by Gasteiger charge is -2.35. The van der Waals surface area contributed by atoms with E-state index in [2.05, 4.69) is 10.2 Å². The number of hydrogen-bond donors (Lipinski definition) is 1. The first-order valence-corrected chi connectivity index (χ1v) is 11.5. The highest BCUT2D eigenvalue weighted by Crippen LogP contribution is 2.20. The summed E-state index contributed by atoms with van der Waals surface area (Å²) in [7, 11) is -3.47. The third kappa shape index (κ3) is 6.32. The molecule has 10 heteroatoms. The summed E-state index contributed by atoms with van der Waals surface area (Å²) in [5.41, 5.74) is 1.00. The number of sulfonamides is 1. The molecule has 0 unspecified atom stereocenters. The largest absolute Gasteiger partial charge is 0.484 e. The summed E-state index contributed by atoms with van der Waals surface area (Å²) in [6.45, 7) is 1.65. The summed E-state index contributed by atoms with van der Waals surface area (Å²) in [6.07, 6.45) is 0. The average molecular weight is 456 g/mol. The third-order valence-corrected chi connectivity index (χ3v) is 6.81. The highest BCUT2D eigenvalue weighted by Gasteiger charge is 2.26. The zero-order valence-electron chi connectivity index (χ0n) is 16.3. The van der Waals surface area contributed by atoms with Gasteiger partial charge in [-0.15, -0.1) is 0 Å². The van der Waals surface area contributed by atoms with Crippen LogP contribution in [0.15, 0.2) is 48.5 Å². The van der Waals surface area contributed by atoms with Gasteiger partial charge in [0.25, 0.3) is 5.91 Å². The molecule has 7 nitrogen and oxygen atoms in total. The maximum Gasteiger partial charge on any atom is 0.257 e. The molecule has 1 aliphatic rings. The Balaban J connectivity index is 1.39. The number of hydrogen-bond acceptors (Lipinski definition) is 5. The van der Waals surface area contributed by atoms with Gasteiger partial charge in [0.1, 0.15) is 11.6 Å². The van der Waals surface area contributed by atoms with Crippen LogP contribution in [0.3, 0.4) is 0 Å². The van der Waals surface area contributed by atoms with Crippen molar-refractivity contribution >= 4 is 33.2 Å². The van der Waals surface area contributed by atoms with Crippen LogP contribution < -0.4 is 15.0 Å². The summed E-state index contributed by atoms with van der Waals surface area (Å²) in [4.78, 5) is 13.9. The Labute approximate surface area is 180 Å². The van der Waals surface area contributed by atoms with E-state index in [1.165, 1.54) is 28.6 Å². The van der Waals surface area contributed by atoms with Crippen molar-refractivity contribution in [2.45, 2.75) is 0 Å². The molecule has 1 N–H and O–H groups in total. The lowest BCUT2D eigenvalue weighted by molar-refractivity contribution is -0.122. The zero-order chi connectivity index (χ0) is 21.6. The van der Waals surface area contributed by atoms with Crippen molar-refractivity contribution in [1.82, 2.24) is 9.62 Å². The fourth-order valence-electron chi connectivity index (χ4n) is 3.06. The first-order chi connectivity index (χ1) is 14.3.